The molecule has 3 fully saturated rings. The van der Waals surface area contributed by atoms with Crippen LogP contribution in [0.25, 0.3) is 12.8 Å². The van der Waals surface area contributed by atoms with Crippen LogP contribution in [0.2, 0.25) is 0 Å². The molecule has 0 radical (unpaired) electrons. The molecule has 7 nitrogen and oxygen atoms in total. The summed E-state index contributed by atoms with van der Waals surface area (Å²) in [5, 5.41) is 23.4. The highest BCUT2D eigenvalue weighted by atomic mass is 15.1. The second-order valence-electron chi connectivity index (χ2n) is 13.4. The van der Waals surface area contributed by atoms with E-state index < -0.39 is 0 Å². The Hall–Kier alpha value is -3.32. The molecule has 2 heterocycles. The van der Waals surface area contributed by atoms with Gasteiger partial charge in [-0.05, 0) is 103 Å². The van der Waals surface area contributed by atoms with Crippen LogP contribution in [0.5, 0.6) is 0 Å². The predicted molar refractivity (Wildman–Crippen MR) is 191 cm³/mol. The van der Waals surface area contributed by atoms with Gasteiger partial charge in [0.1, 0.15) is 0 Å². The highest BCUT2D eigenvalue weighted by Gasteiger charge is 2.23. The van der Waals surface area contributed by atoms with Gasteiger partial charge in [-0.25, -0.2) is 9.98 Å². The average Bonchev–Trinajstić information content (AvgIpc) is 3.72. The lowest BCUT2D eigenvalue weighted by atomic mass is 9.78. The van der Waals surface area contributed by atoms with Gasteiger partial charge in [0.25, 0.3) is 0 Å². The van der Waals surface area contributed by atoms with Crippen LogP contribution < -0.4 is 21.2 Å². The van der Waals surface area contributed by atoms with Crippen LogP contribution in [0.4, 0.5) is 0 Å². The maximum absolute atomic E-state index is 9.15. The molecule has 1 saturated heterocycles. The van der Waals surface area contributed by atoms with Gasteiger partial charge < -0.3 is 20.2 Å². The lowest BCUT2D eigenvalue weighted by Crippen LogP contribution is -2.44. The fourth-order valence-corrected chi connectivity index (χ4v) is 7.51. The second-order valence-corrected chi connectivity index (χ2v) is 13.4. The van der Waals surface area contributed by atoms with Gasteiger partial charge in [0, 0.05) is 47.4 Å². The van der Waals surface area contributed by atoms with Crippen LogP contribution in [-0.4, -0.2) is 53.9 Å². The van der Waals surface area contributed by atoms with Crippen molar-refractivity contribution in [3.05, 3.63) is 63.3 Å². The minimum Gasteiger partial charge on any atom is -0.383 e. The summed E-state index contributed by atoms with van der Waals surface area (Å²) in [6.45, 7) is 18.5. The first-order chi connectivity index (χ1) is 21.7. The van der Waals surface area contributed by atoms with Gasteiger partial charge in [0.05, 0.1) is 23.0 Å². The lowest BCUT2D eigenvalue weighted by molar-refractivity contribution is 0.295. The van der Waals surface area contributed by atoms with Gasteiger partial charge in [0.15, 0.2) is 5.84 Å². The number of nitrogens with zero attached hydrogens (tertiary/aromatic N) is 4. The topological polar surface area (TPSA) is 92.6 Å². The number of pyridine rings is 1. The summed E-state index contributed by atoms with van der Waals surface area (Å²) in [5.41, 5.74) is 5.53. The number of amidine groups is 1. The van der Waals surface area contributed by atoms with E-state index in [9.17, 15) is 0 Å². The number of rotatable bonds is 13. The molecule has 3 N–H and O–H groups in total. The normalized spacial score (nSPS) is 23.0. The summed E-state index contributed by atoms with van der Waals surface area (Å²) in [4.78, 5) is 11.4. The monoisotopic (exact) mass is 611 g/mol. The maximum Gasteiger partial charge on any atom is 0.152 e. The van der Waals surface area contributed by atoms with Gasteiger partial charge in [-0.3, -0.25) is 5.41 Å². The number of aliphatic imine (C=N–C) groups is 2. The molecule has 0 spiro atoms. The molecule has 1 aromatic heterocycles. The number of hydrogen-bond acceptors (Lipinski definition) is 5. The molecule has 1 aliphatic heterocycles. The number of allylic oxidation sites excluding steroid dienone is 3. The zero-order chi connectivity index (χ0) is 32.3. The number of aromatic nitrogens is 1. The van der Waals surface area contributed by atoms with E-state index in [1.807, 2.05) is 12.1 Å². The minimum atomic E-state index is 0.402. The van der Waals surface area contributed by atoms with Crippen molar-refractivity contribution in [2.75, 3.05) is 20.1 Å². The van der Waals surface area contributed by atoms with E-state index >= 15 is 0 Å². The quantitative estimate of drug-likeness (QED) is 0.134. The van der Waals surface area contributed by atoms with E-state index in [1.165, 1.54) is 55.2 Å². The minimum absolute atomic E-state index is 0.402. The van der Waals surface area contributed by atoms with Crippen molar-refractivity contribution in [1.29, 1.82) is 10.8 Å². The average molecular weight is 612 g/mol. The molecule has 0 bridgehead atoms. The number of likely N-dealkylation sites (tertiary alicyclic amines) is 1. The van der Waals surface area contributed by atoms with E-state index in [2.05, 4.69) is 71.7 Å². The van der Waals surface area contributed by atoms with Gasteiger partial charge in [-0.1, -0.05) is 56.9 Å². The summed E-state index contributed by atoms with van der Waals surface area (Å²) >= 11 is 0. The Balaban J connectivity index is 1.57. The highest BCUT2D eigenvalue weighted by Crippen LogP contribution is 2.35. The first-order valence-corrected chi connectivity index (χ1v) is 17.3. The summed E-state index contributed by atoms with van der Waals surface area (Å²) in [6.07, 6.45) is 21.5. The summed E-state index contributed by atoms with van der Waals surface area (Å²) < 4.78 is 2.16. The Morgan fingerprint density at radius 2 is 1.84 bits per heavy atom. The summed E-state index contributed by atoms with van der Waals surface area (Å²) in [5.74, 6) is 0.902. The first kappa shape index (κ1) is 34.6. The molecule has 4 rings (SSSR count). The number of nitrogens with one attached hydrogen (secondary N) is 3. The van der Waals surface area contributed by atoms with Crippen molar-refractivity contribution in [1.82, 2.24) is 14.8 Å². The van der Waals surface area contributed by atoms with E-state index in [0.717, 1.165) is 74.2 Å². The fraction of sp³-hybridized carbons (Fsp3) is 0.579. The SMILES string of the molecule is C=NC(C=C(CCC1CCCN1C)NCC(=N)/C(CCC)=C(\C)[C@H]1CCCCC1=C)=N/C=c1/ccn(C2CCCC2)c(=C)c1=N. The van der Waals surface area contributed by atoms with Gasteiger partial charge in [-0.2, -0.15) is 0 Å². The highest BCUT2D eigenvalue weighted by molar-refractivity contribution is 6.00. The van der Waals surface area contributed by atoms with Crippen molar-refractivity contribution in [2.45, 2.75) is 116 Å². The summed E-state index contributed by atoms with van der Waals surface area (Å²) in [7, 11) is 2.21. The van der Waals surface area contributed by atoms with Gasteiger partial charge in [-0.15, -0.1) is 0 Å². The molecule has 2 saturated carbocycles. The largest absolute Gasteiger partial charge is 0.383 e. The molecule has 1 unspecified atom stereocenters. The van der Waals surface area contributed by atoms with Crippen molar-refractivity contribution < 1.29 is 0 Å². The fourth-order valence-electron chi connectivity index (χ4n) is 7.51. The predicted octanol–water partition coefficient (Wildman–Crippen LogP) is 6.56. The van der Waals surface area contributed by atoms with Crippen LogP contribution in [0.15, 0.2) is 57.3 Å². The molecule has 45 heavy (non-hydrogen) atoms. The first-order valence-electron chi connectivity index (χ1n) is 17.3. The molecule has 2 atom stereocenters. The number of hydrogen-bond donors (Lipinski definition) is 3. The van der Waals surface area contributed by atoms with Crippen LogP contribution in [0.3, 0.4) is 0 Å². The lowest BCUT2D eigenvalue weighted by Gasteiger charge is -2.28. The third-order valence-corrected chi connectivity index (χ3v) is 10.3. The Morgan fingerprint density at radius 3 is 2.51 bits per heavy atom. The molecule has 2 aliphatic carbocycles. The molecule has 7 heteroatoms. The smallest absolute Gasteiger partial charge is 0.152 e. The van der Waals surface area contributed by atoms with Crippen molar-refractivity contribution in [2.24, 2.45) is 15.9 Å². The van der Waals surface area contributed by atoms with Crippen molar-refractivity contribution in [3.63, 3.8) is 0 Å². The van der Waals surface area contributed by atoms with Crippen LogP contribution >= 0.6 is 0 Å². The third-order valence-electron chi connectivity index (χ3n) is 10.3. The Morgan fingerprint density at radius 1 is 1.09 bits per heavy atom. The Bertz CT molecular complexity index is 1480. The summed E-state index contributed by atoms with van der Waals surface area (Å²) in [6, 6.07) is 2.97. The molecule has 0 amide bonds. The second kappa shape index (κ2) is 16.8. The zero-order valence-electron chi connectivity index (χ0n) is 28.3. The van der Waals surface area contributed by atoms with Gasteiger partial charge >= 0.3 is 0 Å². The third kappa shape index (κ3) is 9.12. The molecular formula is C38H57N7. The van der Waals surface area contributed by atoms with E-state index in [4.69, 9.17) is 10.8 Å². The molecular weight excluding hydrogens is 554 g/mol. The maximum atomic E-state index is 9.15. The zero-order valence-corrected chi connectivity index (χ0v) is 28.3. The molecule has 244 valence electrons. The van der Waals surface area contributed by atoms with Crippen molar-refractivity contribution >= 4 is 31.0 Å². The van der Waals surface area contributed by atoms with Crippen LogP contribution in [0.1, 0.15) is 110 Å². The van der Waals surface area contributed by atoms with Crippen molar-refractivity contribution in [3.8, 4) is 0 Å². The molecule has 0 aromatic carbocycles. The standard InChI is InChI=1S/C38H57N7/c1-7-13-35(28(3)34-18-11-8-14-27(34)2)36(39)26-42-31(19-20-32-17-12-22-44(32)6)24-37(41-5)43-25-30-21-23-45(29(4)38(30)40)33-15-9-10-16-33/h21,23-25,32-34,39-40,42H,2,4-5,7-20,22,26H2,1,3,6H3/b30-25-,31-24?,35-28+,39-36?,40-38?,43-37?/t32?,34-/m0/s1. The van der Waals surface area contributed by atoms with Crippen LogP contribution in [0, 0.1) is 16.7 Å². The van der Waals surface area contributed by atoms with E-state index in [1.54, 1.807) is 6.20 Å². The van der Waals surface area contributed by atoms with Gasteiger partial charge in [0.2, 0.25) is 0 Å². The Labute approximate surface area is 271 Å². The van der Waals surface area contributed by atoms with E-state index in [-0.39, 0.29) is 0 Å². The molecule has 3 aliphatic rings. The van der Waals surface area contributed by atoms with Crippen LogP contribution in [-0.2, 0) is 0 Å². The Kier molecular flexibility index (Phi) is 12.9. The van der Waals surface area contributed by atoms with E-state index in [0.29, 0.717) is 41.5 Å². The molecule has 1 aromatic rings.